The van der Waals surface area contributed by atoms with E-state index in [2.05, 4.69) is 4.98 Å². The van der Waals surface area contributed by atoms with Gasteiger partial charge in [-0.2, -0.15) is 0 Å². The maximum absolute atomic E-state index is 12.1. The van der Waals surface area contributed by atoms with Crippen LogP contribution in [0.5, 0.6) is 0 Å². The standard InChI is InChI=1S/C10H14N4O4/c11-4-6-5-14(1-2-18-6)9(16)7-3-8(15)13-10(17)12-7/h3,6H,1-2,4-5,11H2,(H2,12,13,15,17). The summed E-state index contributed by atoms with van der Waals surface area (Å²) in [7, 11) is 0. The molecule has 1 unspecified atom stereocenters. The number of rotatable bonds is 2. The van der Waals surface area contributed by atoms with Gasteiger partial charge in [-0.05, 0) is 0 Å². The van der Waals surface area contributed by atoms with Gasteiger partial charge in [-0.3, -0.25) is 14.6 Å². The molecule has 1 atom stereocenters. The van der Waals surface area contributed by atoms with Crippen LogP contribution in [-0.4, -0.2) is 53.1 Å². The number of aromatic nitrogens is 2. The number of nitrogens with two attached hydrogens (primary N) is 1. The lowest BCUT2D eigenvalue weighted by atomic mass is 10.2. The van der Waals surface area contributed by atoms with Crippen molar-refractivity contribution in [2.45, 2.75) is 6.10 Å². The average molecular weight is 254 g/mol. The van der Waals surface area contributed by atoms with E-state index in [0.29, 0.717) is 26.2 Å². The van der Waals surface area contributed by atoms with E-state index in [-0.39, 0.29) is 11.8 Å². The first-order valence-corrected chi connectivity index (χ1v) is 5.54. The number of carbonyl (C=O) groups excluding carboxylic acids is 1. The Kier molecular flexibility index (Phi) is 3.58. The van der Waals surface area contributed by atoms with Crippen LogP contribution < -0.4 is 17.0 Å². The van der Waals surface area contributed by atoms with Crippen LogP contribution in [0, 0.1) is 0 Å². The molecule has 0 bridgehead atoms. The summed E-state index contributed by atoms with van der Waals surface area (Å²) in [4.78, 5) is 40.1. The first kappa shape index (κ1) is 12.5. The number of ether oxygens (including phenoxy) is 1. The smallest absolute Gasteiger partial charge is 0.326 e. The van der Waals surface area contributed by atoms with E-state index in [1.165, 1.54) is 4.90 Å². The number of H-pyrrole nitrogens is 2. The number of hydrogen-bond acceptors (Lipinski definition) is 5. The van der Waals surface area contributed by atoms with Crippen molar-refractivity contribution in [2.75, 3.05) is 26.2 Å². The van der Waals surface area contributed by atoms with E-state index in [1.807, 2.05) is 4.98 Å². The van der Waals surface area contributed by atoms with Crippen molar-refractivity contribution in [1.29, 1.82) is 0 Å². The first-order chi connectivity index (χ1) is 8.60. The number of amides is 1. The minimum absolute atomic E-state index is 0.0265. The van der Waals surface area contributed by atoms with Gasteiger partial charge in [0.25, 0.3) is 11.5 Å². The first-order valence-electron chi connectivity index (χ1n) is 5.54. The lowest BCUT2D eigenvalue weighted by Crippen LogP contribution is -2.48. The third-order valence-electron chi connectivity index (χ3n) is 2.68. The quantitative estimate of drug-likeness (QED) is 0.556. The highest BCUT2D eigenvalue weighted by molar-refractivity contribution is 5.92. The van der Waals surface area contributed by atoms with Gasteiger partial charge in [-0.15, -0.1) is 0 Å². The Labute approximate surface area is 102 Å². The summed E-state index contributed by atoms with van der Waals surface area (Å²) in [6, 6.07) is 1.07. The molecule has 0 spiro atoms. The molecule has 1 amide bonds. The van der Waals surface area contributed by atoms with Crippen LogP contribution in [0.15, 0.2) is 15.7 Å². The zero-order valence-electron chi connectivity index (χ0n) is 9.64. The molecule has 1 aliphatic heterocycles. The van der Waals surface area contributed by atoms with Gasteiger partial charge in [0, 0.05) is 25.7 Å². The summed E-state index contributed by atoms with van der Waals surface area (Å²) in [5.74, 6) is -0.403. The molecule has 1 aromatic heterocycles. The highest BCUT2D eigenvalue weighted by Gasteiger charge is 2.24. The maximum Gasteiger partial charge on any atom is 0.326 e. The molecule has 0 aromatic carbocycles. The Morgan fingerprint density at radius 3 is 2.94 bits per heavy atom. The molecular formula is C10H14N4O4. The fraction of sp³-hybridized carbons (Fsp3) is 0.500. The summed E-state index contributed by atoms with van der Waals surface area (Å²) in [5.41, 5.74) is 4.14. The van der Waals surface area contributed by atoms with Gasteiger partial charge in [-0.1, -0.05) is 0 Å². The minimum Gasteiger partial charge on any atom is -0.373 e. The van der Waals surface area contributed by atoms with Crippen LogP contribution in [0.4, 0.5) is 0 Å². The number of nitrogens with zero attached hydrogens (tertiary/aromatic N) is 1. The van der Waals surface area contributed by atoms with Gasteiger partial charge in [0.2, 0.25) is 0 Å². The molecule has 2 heterocycles. The van der Waals surface area contributed by atoms with Crippen LogP contribution >= 0.6 is 0 Å². The van der Waals surface area contributed by atoms with E-state index in [4.69, 9.17) is 10.5 Å². The number of aromatic amines is 2. The normalized spacial score (nSPS) is 19.8. The molecule has 8 heteroatoms. The van der Waals surface area contributed by atoms with Crippen LogP contribution in [0.25, 0.3) is 0 Å². The van der Waals surface area contributed by atoms with Gasteiger partial charge < -0.3 is 20.4 Å². The van der Waals surface area contributed by atoms with Crippen molar-refractivity contribution in [2.24, 2.45) is 5.73 Å². The Morgan fingerprint density at radius 2 is 2.28 bits per heavy atom. The van der Waals surface area contributed by atoms with Crippen molar-refractivity contribution >= 4 is 5.91 Å². The molecular weight excluding hydrogens is 240 g/mol. The largest absolute Gasteiger partial charge is 0.373 e. The number of morpholine rings is 1. The molecule has 0 aliphatic carbocycles. The fourth-order valence-electron chi connectivity index (χ4n) is 1.80. The lowest BCUT2D eigenvalue weighted by Gasteiger charge is -2.32. The van der Waals surface area contributed by atoms with Gasteiger partial charge in [-0.25, -0.2) is 4.79 Å². The second kappa shape index (κ2) is 5.15. The SMILES string of the molecule is NCC1CN(C(=O)c2cc(=O)[nH]c(=O)[nH]2)CCO1. The molecule has 8 nitrogen and oxygen atoms in total. The minimum atomic E-state index is -0.700. The van der Waals surface area contributed by atoms with Crippen molar-refractivity contribution in [3.8, 4) is 0 Å². The van der Waals surface area contributed by atoms with E-state index in [0.717, 1.165) is 6.07 Å². The van der Waals surface area contributed by atoms with Crippen molar-refractivity contribution in [1.82, 2.24) is 14.9 Å². The molecule has 18 heavy (non-hydrogen) atoms. The van der Waals surface area contributed by atoms with Gasteiger partial charge in [0.15, 0.2) is 0 Å². The zero-order chi connectivity index (χ0) is 13.1. The molecule has 0 radical (unpaired) electrons. The Hall–Kier alpha value is -1.93. The van der Waals surface area contributed by atoms with E-state index in [1.54, 1.807) is 0 Å². The van der Waals surface area contributed by atoms with Crippen LogP contribution in [-0.2, 0) is 4.74 Å². The summed E-state index contributed by atoms with van der Waals surface area (Å²) >= 11 is 0. The second-order valence-electron chi connectivity index (χ2n) is 3.98. The third-order valence-corrected chi connectivity index (χ3v) is 2.68. The molecule has 1 aromatic rings. The average Bonchev–Trinajstić information content (AvgIpc) is 2.37. The van der Waals surface area contributed by atoms with E-state index in [9.17, 15) is 14.4 Å². The van der Waals surface area contributed by atoms with Crippen LogP contribution in [0.1, 0.15) is 10.5 Å². The maximum atomic E-state index is 12.1. The second-order valence-corrected chi connectivity index (χ2v) is 3.98. The molecule has 4 N–H and O–H groups in total. The van der Waals surface area contributed by atoms with Crippen molar-refractivity contribution in [3.05, 3.63) is 32.6 Å². The highest BCUT2D eigenvalue weighted by atomic mass is 16.5. The topological polar surface area (TPSA) is 121 Å². The Morgan fingerprint density at radius 1 is 1.50 bits per heavy atom. The van der Waals surface area contributed by atoms with Crippen LogP contribution in [0.3, 0.4) is 0 Å². The highest BCUT2D eigenvalue weighted by Crippen LogP contribution is 2.07. The van der Waals surface area contributed by atoms with E-state index < -0.39 is 17.2 Å². The molecule has 98 valence electrons. The van der Waals surface area contributed by atoms with Crippen LogP contribution in [0.2, 0.25) is 0 Å². The lowest BCUT2D eigenvalue weighted by molar-refractivity contribution is -0.0169. The molecule has 1 aliphatic rings. The van der Waals surface area contributed by atoms with Gasteiger partial charge >= 0.3 is 5.69 Å². The Balaban J connectivity index is 2.20. The zero-order valence-corrected chi connectivity index (χ0v) is 9.64. The predicted octanol–water partition coefficient (Wildman–Crippen LogP) is -2.14. The summed E-state index contributed by atoms with van der Waals surface area (Å²) in [5, 5.41) is 0. The summed E-state index contributed by atoms with van der Waals surface area (Å²) in [6.45, 7) is 1.46. The van der Waals surface area contributed by atoms with Crippen molar-refractivity contribution in [3.63, 3.8) is 0 Å². The van der Waals surface area contributed by atoms with Crippen molar-refractivity contribution < 1.29 is 9.53 Å². The number of nitrogens with one attached hydrogen (secondary N) is 2. The predicted molar refractivity (Wildman–Crippen MR) is 62.4 cm³/mol. The molecule has 1 saturated heterocycles. The monoisotopic (exact) mass is 254 g/mol. The molecule has 0 saturated carbocycles. The van der Waals surface area contributed by atoms with Gasteiger partial charge in [0.1, 0.15) is 5.69 Å². The Bertz CT molecular complexity index is 521. The summed E-state index contributed by atoms with van der Waals surface area (Å²) < 4.78 is 5.33. The third kappa shape index (κ3) is 2.66. The number of carbonyl (C=O) groups is 1. The summed E-state index contributed by atoms with van der Waals surface area (Å²) in [6.07, 6.45) is -0.212. The molecule has 1 fully saturated rings. The van der Waals surface area contributed by atoms with Gasteiger partial charge in [0.05, 0.1) is 12.7 Å². The number of hydrogen-bond donors (Lipinski definition) is 3. The fourth-order valence-corrected chi connectivity index (χ4v) is 1.80. The molecule has 2 rings (SSSR count). The van der Waals surface area contributed by atoms with E-state index >= 15 is 0 Å².